The molecule has 1 aromatic carbocycles. The lowest BCUT2D eigenvalue weighted by molar-refractivity contribution is -0.128. The Labute approximate surface area is 133 Å². The fourth-order valence-electron chi connectivity index (χ4n) is 2.48. The summed E-state index contributed by atoms with van der Waals surface area (Å²) in [5, 5.41) is 3.74. The number of nitrogens with zero attached hydrogens (tertiary/aromatic N) is 1. The van der Waals surface area contributed by atoms with Crippen LogP contribution < -0.4 is 4.74 Å². The number of hydrogen-bond donors (Lipinski definition) is 0. The number of rotatable bonds is 6. The van der Waals surface area contributed by atoms with Crippen LogP contribution in [0.5, 0.6) is 5.75 Å². The van der Waals surface area contributed by atoms with E-state index in [1.807, 2.05) is 21.7 Å². The Balaban J connectivity index is 1.53. The fourth-order valence-corrected chi connectivity index (χ4v) is 3.11. The quantitative estimate of drug-likeness (QED) is 0.770. The molecule has 0 atom stereocenters. The van der Waals surface area contributed by atoms with Crippen LogP contribution in [0.4, 0.5) is 0 Å². The normalized spacial score (nSPS) is 14.4. The molecule has 0 N–H and O–H groups in total. The molecule has 5 heteroatoms. The number of carbonyl (C=O) groups excluding carboxylic acids is 2. The van der Waals surface area contributed by atoms with Crippen LogP contribution in [0.25, 0.3) is 0 Å². The van der Waals surface area contributed by atoms with E-state index >= 15 is 0 Å². The van der Waals surface area contributed by atoms with E-state index in [4.69, 9.17) is 4.74 Å². The molecule has 114 valence electrons. The predicted octanol–water partition coefficient (Wildman–Crippen LogP) is 2.98. The van der Waals surface area contributed by atoms with Crippen molar-refractivity contribution in [2.75, 3.05) is 19.7 Å². The average molecular weight is 315 g/mol. The molecular formula is C17H17NO3S. The second kappa shape index (κ2) is 6.75. The molecule has 22 heavy (non-hydrogen) atoms. The van der Waals surface area contributed by atoms with Crippen molar-refractivity contribution in [3.63, 3.8) is 0 Å². The summed E-state index contributed by atoms with van der Waals surface area (Å²) in [4.78, 5) is 25.5. The van der Waals surface area contributed by atoms with Crippen LogP contribution in [0.2, 0.25) is 0 Å². The summed E-state index contributed by atoms with van der Waals surface area (Å²) in [6.45, 7) is 1.92. The Hall–Kier alpha value is -2.14. The smallest absolute Gasteiger partial charge is 0.222 e. The van der Waals surface area contributed by atoms with E-state index in [0.29, 0.717) is 36.4 Å². The van der Waals surface area contributed by atoms with Gasteiger partial charge in [-0.3, -0.25) is 9.59 Å². The minimum Gasteiger partial charge on any atom is -0.492 e. The van der Waals surface area contributed by atoms with Crippen molar-refractivity contribution in [3.05, 3.63) is 52.2 Å². The maximum absolute atomic E-state index is 12.2. The van der Waals surface area contributed by atoms with E-state index in [9.17, 15) is 9.59 Å². The second-order valence-electron chi connectivity index (χ2n) is 5.20. The summed E-state index contributed by atoms with van der Waals surface area (Å²) in [7, 11) is 0. The van der Waals surface area contributed by atoms with Gasteiger partial charge in [0, 0.05) is 29.5 Å². The van der Waals surface area contributed by atoms with Crippen LogP contribution in [0, 0.1) is 0 Å². The van der Waals surface area contributed by atoms with Gasteiger partial charge in [-0.25, -0.2) is 0 Å². The Morgan fingerprint density at radius 3 is 2.64 bits per heavy atom. The lowest BCUT2D eigenvalue weighted by Crippen LogP contribution is -2.29. The Bertz CT molecular complexity index is 649. The summed E-state index contributed by atoms with van der Waals surface area (Å²) >= 11 is 1.51. The van der Waals surface area contributed by atoms with Crippen LogP contribution in [0.3, 0.4) is 0 Å². The molecule has 2 heterocycles. The summed E-state index contributed by atoms with van der Waals surface area (Å²) in [5.41, 5.74) is 1.37. The van der Waals surface area contributed by atoms with Crippen molar-refractivity contribution >= 4 is 23.0 Å². The highest BCUT2D eigenvalue weighted by Crippen LogP contribution is 2.17. The number of likely N-dealkylation sites (tertiary alicyclic amines) is 1. The lowest BCUT2D eigenvalue weighted by atomic mass is 10.1. The molecule has 0 bridgehead atoms. The third-order valence-corrected chi connectivity index (χ3v) is 4.38. The molecule has 1 aromatic heterocycles. The van der Waals surface area contributed by atoms with Gasteiger partial charge < -0.3 is 9.64 Å². The Morgan fingerprint density at radius 2 is 2.00 bits per heavy atom. The van der Waals surface area contributed by atoms with Gasteiger partial charge in [-0.15, -0.1) is 0 Å². The number of amides is 1. The second-order valence-corrected chi connectivity index (χ2v) is 5.98. The van der Waals surface area contributed by atoms with Gasteiger partial charge in [-0.05, 0) is 42.1 Å². The van der Waals surface area contributed by atoms with Gasteiger partial charge >= 0.3 is 0 Å². The number of ketones is 1. The molecule has 1 aliphatic heterocycles. The lowest BCUT2D eigenvalue weighted by Gasteiger charge is -2.15. The highest BCUT2D eigenvalue weighted by molar-refractivity contribution is 7.08. The third-order valence-electron chi connectivity index (χ3n) is 3.70. The van der Waals surface area contributed by atoms with Crippen molar-refractivity contribution in [2.24, 2.45) is 0 Å². The summed E-state index contributed by atoms with van der Waals surface area (Å²) in [6.07, 6.45) is 1.59. The Morgan fingerprint density at radius 1 is 1.18 bits per heavy atom. The van der Waals surface area contributed by atoms with E-state index in [2.05, 4.69) is 0 Å². The average Bonchev–Trinajstić information content (AvgIpc) is 3.20. The van der Waals surface area contributed by atoms with E-state index in [0.717, 1.165) is 13.0 Å². The molecule has 0 unspecified atom stereocenters. The van der Waals surface area contributed by atoms with Crippen LogP contribution in [-0.2, 0) is 4.79 Å². The molecule has 4 nitrogen and oxygen atoms in total. The number of thiophene rings is 1. The van der Waals surface area contributed by atoms with Gasteiger partial charge in [0.05, 0.1) is 6.54 Å². The molecule has 0 aliphatic carbocycles. The zero-order chi connectivity index (χ0) is 15.4. The van der Waals surface area contributed by atoms with Crippen LogP contribution in [0.1, 0.15) is 28.8 Å². The van der Waals surface area contributed by atoms with Crippen LogP contribution in [0.15, 0.2) is 41.1 Å². The largest absolute Gasteiger partial charge is 0.492 e. The highest BCUT2D eigenvalue weighted by atomic mass is 32.1. The van der Waals surface area contributed by atoms with E-state index < -0.39 is 0 Å². The molecule has 0 radical (unpaired) electrons. The van der Waals surface area contributed by atoms with Gasteiger partial charge in [0.25, 0.3) is 0 Å². The van der Waals surface area contributed by atoms with Crippen molar-refractivity contribution in [1.29, 1.82) is 0 Å². The molecule has 2 aromatic rings. The van der Waals surface area contributed by atoms with Crippen LogP contribution in [-0.4, -0.2) is 36.3 Å². The first-order valence-corrected chi connectivity index (χ1v) is 8.26. The number of carbonyl (C=O) groups is 2. The van der Waals surface area contributed by atoms with Gasteiger partial charge in [0.2, 0.25) is 5.91 Å². The van der Waals surface area contributed by atoms with E-state index in [-0.39, 0.29) is 11.7 Å². The topological polar surface area (TPSA) is 46.6 Å². The summed E-state index contributed by atoms with van der Waals surface area (Å²) < 4.78 is 5.64. The van der Waals surface area contributed by atoms with Crippen molar-refractivity contribution < 1.29 is 14.3 Å². The molecule has 1 aliphatic rings. The van der Waals surface area contributed by atoms with Crippen molar-refractivity contribution in [1.82, 2.24) is 4.90 Å². The zero-order valence-electron chi connectivity index (χ0n) is 12.2. The fraction of sp³-hybridized carbons (Fsp3) is 0.294. The first kappa shape index (κ1) is 14.8. The van der Waals surface area contributed by atoms with E-state index in [1.54, 1.807) is 24.3 Å². The summed E-state index contributed by atoms with van der Waals surface area (Å²) in [5.74, 6) is 0.948. The molecule has 1 amide bonds. The Kier molecular flexibility index (Phi) is 4.53. The number of ether oxygens (including phenoxy) is 1. The van der Waals surface area contributed by atoms with E-state index in [1.165, 1.54) is 11.3 Å². The van der Waals surface area contributed by atoms with Gasteiger partial charge in [0.1, 0.15) is 12.4 Å². The number of benzene rings is 1. The molecule has 0 spiro atoms. The minimum absolute atomic E-state index is 0.0236. The minimum atomic E-state index is 0.0236. The maximum Gasteiger partial charge on any atom is 0.222 e. The summed E-state index contributed by atoms with van der Waals surface area (Å²) in [6, 6.07) is 8.97. The molecule has 1 fully saturated rings. The molecule has 3 rings (SSSR count). The number of hydrogen-bond acceptors (Lipinski definition) is 4. The monoisotopic (exact) mass is 315 g/mol. The van der Waals surface area contributed by atoms with Gasteiger partial charge in [-0.1, -0.05) is 0 Å². The highest BCUT2D eigenvalue weighted by Gasteiger charge is 2.19. The first-order valence-electron chi connectivity index (χ1n) is 7.31. The third kappa shape index (κ3) is 3.36. The van der Waals surface area contributed by atoms with Gasteiger partial charge in [-0.2, -0.15) is 11.3 Å². The standard InChI is InChI=1S/C17H17NO3S/c19-16-2-1-8-18(16)9-10-21-15-5-3-13(4-6-15)17(20)14-7-11-22-12-14/h3-7,11-12H,1-2,8-10H2. The van der Waals surface area contributed by atoms with Crippen molar-refractivity contribution in [3.8, 4) is 5.75 Å². The zero-order valence-corrected chi connectivity index (χ0v) is 13.0. The molecule has 0 saturated carbocycles. The maximum atomic E-state index is 12.2. The molecule has 1 saturated heterocycles. The van der Waals surface area contributed by atoms with Crippen molar-refractivity contribution in [2.45, 2.75) is 12.8 Å². The van der Waals surface area contributed by atoms with Crippen LogP contribution >= 0.6 is 11.3 Å². The molecular weight excluding hydrogens is 298 g/mol. The van der Waals surface area contributed by atoms with Gasteiger partial charge in [0.15, 0.2) is 5.78 Å². The predicted molar refractivity (Wildman–Crippen MR) is 85.5 cm³/mol. The SMILES string of the molecule is O=C(c1ccc(OCCN2CCCC2=O)cc1)c1ccsc1. The first-order chi connectivity index (χ1) is 10.7.